The normalized spacial score (nSPS) is 9.07. The number of hydrogen-bond donors (Lipinski definition) is 1. The number of para-hydroxylation sites is 1. The molecule has 1 aromatic carbocycles. The number of rotatable bonds is 3. The van der Waals surface area contributed by atoms with Crippen molar-refractivity contribution >= 4 is 14.6 Å². The fourth-order valence-electron chi connectivity index (χ4n) is 0.567. The molecule has 6 nitrogen and oxygen atoms in total. The quantitative estimate of drug-likeness (QED) is 0.587. The summed E-state index contributed by atoms with van der Waals surface area (Å²) in [5.74, 6) is -1.09. The molecule has 0 aromatic heterocycles. The van der Waals surface area contributed by atoms with E-state index in [4.69, 9.17) is 15.0 Å². The second-order valence-electron chi connectivity index (χ2n) is 2.16. The summed E-state index contributed by atoms with van der Waals surface area (Å²) < 4.78 is 4.37. The average molecular weight is 231 g/mol. The number of hydrogen-bond acceptors (Lipinski definition) is 6. The highest BCUT2D eigenvalue weighted by molar-refractivity contribution is 7.36. The molecular formula is C8H8O6P-3. The van der Waals surface area contributed by atoms with Gasteiger partial charge in [-0.1, -0.05) is 26.8 Å². The lowest BCUT2D eigenvalue weighted by atomic mass is 10.3. The monoisotopic (exact) mass is 231 g/mol. The van der Waals surface area contributed by atoms with Gasteiger partial charge in [0, 0.05) is 0 Å². The van der Waals surface area contributed by atoms with E-state index in [1.54, 1.807) is 30.3 Å². The molecule has 0 saturated heterocycles. The molecule has 0 saturated carbocycles. The fourth-order valence-corrected chi connectivity index (χ4v) is 0.861. The maximum Gasteiger partial charge on any atom is 0.119 e. The average Bonchev–Trinajstić information content (AvgIpc) is 2.19. The SMILES string of the molecule is O=C([O-])CO.[O-]P([O-])Oc1ccccc1. The second-order valence-corrected chi connectivity index (χ2v) is 2.79. The van der Waals surface area contributed by atoms with Crippen LogP contribution < -0.4 is 19.4 Å². The summed E-state index contributed by atoms with van der Waals surface area (Å²) in [4.78, 5) is 29.0. The minimum absolute atomic E-state index is 0.346. The molecule has 0 aliphatic rings. The molecule has 15 heavy (non-hydrogen) atoms. The third-order valence-corrected chi connectivity index (χ3v) is 1.41. The maximum atomic E-state index is 9.98. The predicted molar refractivity (Wildman–Crippen MR) is 46.1 cm³/mol. The Morgan fingerprint density at radius 3 is 2.13 bits per heavy atom. The van der Waals surface area contributed by atoms with E-state index in [1.165, 1.54) is 0 Å². The molecule has 0 unspecified atom stereocenters. The van der Waals surface area contributed by atoms with E-state index in [2.05, 4.69) is 4.52 Å². The summed E-state index contributed by atoms with van der Waals surface area (Å²) in [5.41, 5.74) is 0. The lowest BCUT2D eigenvalue weighted by molar-refractivity contribution is -0.311. The van der Waals surface area contributed by atoms with E-state index in [0.717, 1.165) is 0 Å². The molecule has 0 aliphatic carbocycles. The lowest BCUT2D eigenvalue weighted by Gasteiger charge is -2.29. The molecule has 1 aromatic rings. The number of benzene rings is 1. The van der Waals surface area contributed by atoms with Crippen molar-refractivity contribution in [3.05, 3.63) is 30.3 Å². The molecule has 1 N–H and O–H groups in total. The first kappa shape index (κ1) is 13.8. The van der Waals surface area contributed by atoms with E-state index in [-0.39, 0.29) is 0 Å². The van der Waals surface area contributed by atoms with Crippen LogP contribution in [0.15, 0.2) is 30.3 Å². The van der Waals surface area contributed by atoms with Crippen molar-refractivity contribution in [1.29, 1.82) is 0 Å². The van der Waals surface area contributed by atoms with Crippen molar-refractivity contribution in [3.63, 3.8) is 0 Å². The van der Waals surface area contributed by atoms with E-state index in [9.17, 15) is 9.79 Å². The van der Waals surface area contributed by atoms with Crippen molar-refractivity contribution in [1.82, 2.24) is 0 Å². The Labute approximate surface area is 87.4 Å². The van der Waals surface area contributed by atoms with Gasteiger partial charge in [-0.3, -0.25) is 0 Å². The Bertz CT molecular complexity index is 276. The van der Waals surface area contributed by atoms with Gasteiger partial charge >= 0.3 is 0 Å². The smallest absolute Gasteiger partial charge is 0.119 e. The van der Waals surface area contributed by atoms with Gasteiger partial charge in [-0.15, -0.1) is 0 Å². The summed E-state index contributed by atoms with van der Waals surface area (Å²) in [5, 5.41) is 16.5. The van der Waals surface area contributed by atoms with Gasteiger partial charge < -0.3 is 29.3 Å². The van der Waals surface area contributed by atoms with Crippen molar-refractivity contribution < 1.29 is 29.3 Å². The summed E-state index contributed by atoms with van der Waals surface area (Å²) >= 11 is 0. The number of carbonyl (C=O) groups excluding carboxylic acids is 1. The third-order valence-electron chi connectivity index (χ3n) is 1.05. The van der Waals surface area contributed by atoms with Gasteiger partial charge in [-0.05, 0) is 12.1 Å². The van der Waals surface area contributed by atoms with E-state index >= 15 is 0 Å². The van der Waals surface area contributed by atoms with E-state index in [1.807, 2.05) is 0 Å². The van der Waals surface area contributed by atoms with Gasteiger partial charge in [0.1, 0.15) is 5.75 Å². The number of aliphatic carboxylic acids is 1. The summed E-state index contributed by atoms with van der Waals surface area (Å²) in [6.07, 6.45) is 0. The van der Waals surface area contributed by atoms with Gasteiger partial charge in [-0.2, -0.15) is 0 Å². The standard InChI is InChI=1S/C6H5O3P.C2H4O3/c7-10(8)9-6-4-2-1-3-5-6;3-1-2(4)5/h1-5H;3H,1H2,(H,4,5)/q-2;/p-1. The van der Waals surface area contributed by atoms with Crippen LogP contribution in [0.25, 0.3) is 0 Å². The van der Waals surface area contributed by atoms with Crippen molar-refractivity contribution in [2.24, 2.45) is 0 Å². The highest BCUT2D eigenvalue weighted by atomic mass is 31.2. The largest absolute Gasteiger partial charge is 0.810 e. The third kappa shape index (κ3) is 9.11. The second kappa shape index (κ2) is 8.14. The van der Waals surface area contributed by atoms with Gasteiger partial charge in [-0.25, -0.2) is 0 Å². The van der Waals surface area contributed by atoms with Crippen LogP contribution in [0, 0.1) is 0 Å². The zero-order chi connectivity index (χ0) is 11.7. The summed E-state index contributed by atoms with van der Waals surface area (Å²) in [7, 11) is -2.78. The Hall–Kier alpha value is -1.20. The van der Waals surface area contributed by atoms with Crippen LogP contribution >= 0.6 is 8.60 Å². The van der Waals surface area contributed by atoms with E-state index in [0.29, 0.717) is 5.75 Å². The molecule has 84 valence electrons. The molecule has 0 spiro atoms. The number of carboxylic acids is 1. The molecule has 0 amide bonds. The van der Waals surface area contributed by atoms with Gasteiger partial charge in [0.05, 0.1) is 12.6 Å². The zero-order valence-electron chi connectivity index (χ0n) is 7.53. The van der Waals surface area contributed by atoms with Crippen LogP contribution in [0.3, 0.4) is 0 Å². The predicted octanol–water partition coefficient (Wildman–Crippen LogP) is -2.26. The molecule has 0 bridgehead atoms. The minimum Gasteiger partial charge on any atom is -0.810 e. The Balaban J connectivity index is 0.000000336. The maximum absolute atomic E-state index is 9.98. The summed E-state index contributed by atoms with van der Waals surface area (Å²) in [6.45, 7) is -0.889. The molecule has 0 fully saturated rings. The molecule has 0 atom stereocenters. The van der Waals surface area contributed by atoms with Crippen molar-refractivity contribution in [2.45, 2.75) is 0 Å². The number of carboxylic acid groups (broad SMARTS) is 1. The highest BCUT2D eigenvalue weighted by Gasteiger charge is 1.84. The first-order chi connectivity index (χ1) is 7.06. The molecule has 0 aliphatic heterocycles. The number of carbonyl (C=O) groups is 1. The number of aliphatic hydroxyl groups excluding tert-OH is 1. The van der Waals surface area contributed by atoms with Crippen LogP contribution in [-0.2, 0) is 4.79 Å². The molecule has 7 heteroatoms. The minimum atomic E-state index is -2.78. The highest BCUT2D eigenvalue weighted by Crippen LogP contribution is 2.20. The van der Waals surface area contributed by atoms with Crippen LogP contribution in [0.5, 0.6) is 5.75 Å². The summed E-state index contributed by atoms with van der Waals surface area (Å²) in [6, 6.07) is 8.34. The Morgan fingerprint density at radius 2 is 1.80 bits per heavy atom. The Morgan fingerprint density at radius 1 is 1.33 bits per heavy atom. The van der Waals surface area contributed by atoms with Crippen LogP contribution in [0.2, 0.25) is 0 Å². The number of aliphatic hydroxyl groups is 1. The van der Waals surface area contributed by atoms with Crippen molar-refractivity contribution in [2.75, 3.05) is 6.61 Å². The van der Waals surface area contributed by atoms with Gasteiger partial charge in [0.15, 0.2) is 0 Å². The topological polar surface area (TPSA) is 116 Å². The first-order valence-corrected chi connectivity index (χ1v) is 4.84. The Kier molecular flexibility index (Phi) is 7.49. The molecule has 0 heterocycles. The van der Waals surface area contributed by atoms with Gasteiger partial charge in [0.25, 0.3) is 0 Å². The van der Waals surface area contributed by atoms with Crippen LogP contribution in [0.4, 0.5) is 0 Å². The lowest BCUT2D eigenvalue weighted by Crippen LogP contribution is -2.25. The molecule has 1 rings (SSSR count). The van der Waals surface area contributed by atoms with Crippen LogP contribution in [-0.4, -0.2) is 17.7 Å². The molecular weight excluding hydrogens is 223 g/mol. The zero-order valence-corrected chi connectivity index (χ0v) is 8.42. The van der Waals surface area contributed by atoms with Gasteiger partial charge in [0.2, 0.25) is 0 Å². The van der Waals surface area contributed by atoms with E-state index < -0.39 is 21.2 Å². The fraction of sp³-hybridized carbons (Fsp3) is 0.125. The van der Waals surface area contributed by atoms with Crippen molar-refractivity contribution in [3.8, 4) is 5.75 Å². The molecule has 0 radical (unpaired) electrons. The van der Waals surface area contributed by atoms with Crippen LogP contribution in [0.1, 0.15) is 0 Å². The first-order valence-electron chi connectivity index (χ1n) is 3.74.